The minimum atomic E-state index is 0.297. The average molecular weight is 381 g/mol. The summed E-state index contributed by atoms with van der Waals surface area (Å²) in [5.41, 5.74) is 7.89. The molecule has 0 bridgehead atoms. The lowest BCUT2D eigenvalue weighted by Gasteiger charge is -2.39. The third kappa shape index (κ3) is 2.80. The number of aryl methyl sites for hydroxylation is 1. The van der Waals surface area contributed by atoms with Gasteiger partial charge >= 0.3 is 0 Å². The van der Waals surface area contributed by atoms with E-state index in [0.717, 1.165) is 43.3 Å². The first-order valence-corrected chi connectivity index (χ1v) is 10.1. The predicted molar refractivity (Wildman–Crippen MR) is 114 cm³/mol. The molecule has 0 spiro atoms. The maximum absolute atomic E-state index is 9.64. The molecule has 1 aliphatic carbocycles. The van der Waals surface area contributed by atoms with Gasteiger partial charge in [0.05, 0.1) is 11.7 Å². The Balaban J connectivity index is 1.43. The van der Waals surface area contributed by atoms with Gasteiger partial charge in [0.1, 0.15) is 11.6 Å². The zero-order chi connectivity index (χ0) is 20.0. The molecule has 0 radical (unpaired) electrons. The molecule has 5 rings (SSSR count). The molecule has 5 heteroatoms. The van der Waals surface area contributed by atoms with Crippen LogP contribution in [0.25, 0.3) is 11.1 Å². The molecule has 2 aliphatic rings. The van der Waals surface area contributed by atoms with Gasteiger partial charge in [0.15, 0.2) is 5.82 Å². The van der Waals surface area contributed by atoms with Crippen LogP contribution < -0.4 is 4.90 Å². The van der Waals surface area contributed by atoms with Crippen LogP contribution in [0.15, 0.2) is 48.5 Å². The first kappa shape index (κ1) is 17.8. The number of rotatable bonds is 2. The fraction of sp³-hybridized carbons (Fsp3) is 0.292. The quantitative estimate of drug-likeness (QED) is 0.675. The summed E-state index contributed by atoms with van der Waals surface area (Å²) < 4.78 is 0. The maximum Gasteiger partial charge on any atom is 0.169 e. The topological polar surface area (TPSA) is 56.1 Å². The number of anilines is 1. The number of aromatic nitrogens is 2. The summed E-state index contributed by atoms with van der Waals surface area (Å²) in [6.07, 6.45) is 0. The predicted octanol–water partition coefficient (Wildman–Crippen LogP) is 3.86. The molecule has 2 heterocycles. The van der Waals surface area contributed by atoms with E-state index in [9.17, 15) is 5.26 Å². The Morgan fingerprint density at radius 1 is 0.862 bits per heavy atom. The van der Waals surface area contributed by atoms with Crippen molar-refractivity contribution in [2.45, 2.75) is 19.9 Å². The zero-order valence-electron chi connectivity index (χ0n) is 16.8. The monoisotopic (exact) mass is 381 g/mol. The van der Waals surface area contributed by atoms with Crippen LogP contribution in [-0.4, -0.2) is 41.3 Å². The first-order valence-electron chi connectivity index (χ1n) is 10.1. The van der Waals surface area contributed by atoms with Crippen molar-refractivity contribution in [2.24, 2.45) is 0 Å². The molecule has 1 aliphatic heterocycles. The van der Waals surface area contributed by atoms with E-state index >= 15 is 0 Å². The Hall–Kier alpha value is -3.23. The van der Waals surface area contributed by atoms with Crippen LogP contribution in [0.5, 0.6) is 0 Å². The molecule has 1 saturated heterocycles. The molecule has 3 aromatic rings. The first-order chi connectivity index (χ1) is 14.2. The van der Waals surface area contributed by atoms with Crippen LogP contribution in [0.2, 0.25) is 0 Å². The second-order valence-electron chi connectivity index (χ2n) is 7.82. The second kappa shape index (κ2) is 6.98. The van der Waals surface area contributed by atoms with Gasteiger partial charge in [-0.3, -0.25) is 4.90 Å². The van der Waals surface area contributed by atoms with Crippen LogP contribution in [0, 0.1) is 25.2 Å². The number of piperazine rings is 1. The molecule has 0 atom stereocenters. The van der Waals surface area contributed by atoms with E-state index in [1.807, 2.05) is 13.8 Å². The Labute approximate surface area is 171 Å². The van der Waals surface area contributed by atoms with Gasteiger partial charge < -0.3 is 4.90 Å². The average Bonchev–Trinajstić information content (AvgIpc) is 3.10. The van der Waals surface area contributed by atoms with Gasteiger partial charge in [-0.15, -0.1) is 5.10 Å². The molecule has 0 N–H and O–H groups in total. The Kier molecular flexibility index (Phi) is 4.30. The summed E-state index contributed by atoms with van der Waals surface area (Å²) in [4.78, 5) is 4.77. The zero-order valence-corrected chi connectivity index (χ0v) is 16.8. The van der Waals surface area contributed by atoms with Crippen molar-refractivity contribution in [2.75, 3.05) is 31.1 Å². The summed E-state index contributed by atoms with van der Waals surface area (Å²) in [6.45, 7) is 7.38. The van der Waals surface area contributed by atoms with E-state index in [4.69, 9.17) is 0 Å². The summed E-state index contributed by atoms with van der Waals surface area (Å²) >= 11 is 0. The number of nitrogens with zero attached hydrogens (tertiary/aromatic N) is 5. The fourth-order valence-corrected chi connectivity index (χ4v) is 4.67. The van der Waals surface area contributed by atoms with Crippen LogP contribution in [0.1, 0.15) is 34.0 Å². The molecule has 29 heavy (non-hydrogen) atoms. The van der Waals surface area contributed by atoms with Crippen molar-refractivity contribution in [1.82, 2.24) is 15.1 Å². The molecule has 2 aromatic carbocycles. The van der Waals surface area contributed by atoms with E-state index in [-0.39, 0.29) is 0 Å². The van der Waals surface area contributed by atoms with Gasteiger partial charge in [0.2, 0.25) is 0 Å². The standard InChI is InChI=1S/C24H23N5/c1-16-17(2)26-27-24(22(16)15-25)29-13-11-28(12-14-29)23-20-9-5-3-7-18(20)19-8-4-6-10-21(19)23/h3-10,23H,11-14H2,1-2H3. The van der Waals surface area contributed by atoms with Crippen LogP contribution in [-0.2, 0) is 0 Å². The molecule has 1 fully saturated rings. The largest absolute Gasteiger partial charge is 0.351 e. The highest BCUT2D eigenvalue weighted by Gasteiger charge is 2.34. The second-order valence-corrected chi connectivity index (χ2v) is 7.82. The van der Waals surface area contributed by atoms with Crippen LogP contribution >= 0.6 is 0 Å². The Morgan fingerprint density at radius 2 is 1.45 bits per heavy atom. The highest BCUT2D eigenvalue weighted by Crippen LogP contribution is 2.46. The molecule has 0 unspecified atom stereocenters. The molecule has 144 valence electrons. The van der Waals surface area contributed by atoms with E-state index < -0.39 is 0 Å². The minimum absolute atomic E-state index is 0.297. The van der Waals surface area contributed by atoms with Crippen molar-refractivity contribution in [1.29, 1.82) is 5.26 Å². The van der Waals surface area contributed by atoms with Crippen molar-refractivity contribution in [3.63, 3.8) is 0 Å². The van der Waals surface area contributed by atoms with Gasteiger partial charge in [-0.2, -0.15) is 10.4 Å². The number of fused-ring (bicyclic) bond motifs is 3. The highest BCUT2D eigenvalue weighted by molar-refractivity contribution is 5.78. The Bertz CT molecular complexity index is 1080. The van der Waals surface area contributed by atoms with Gasteiger partial charge in [-0.25, -0.2) is 0 Å². The van der Waals surface area contributed by atoms with Crippen molar-refractivity contribution < 1.29 is 0 Å². The smallest absolute Gasteiger partial charge is 0.169 e. The molecule has 5 nitrogen and oxygen atoms in total. The minimum Gasteiger partial charge on any atom is -0.351 e. The van der Waals surface area contributed by atoms with Gasteiger partial charge in [-0.05, 0) is 41.7 Å². The summed E-state index contributed by atoms with van der Waals surface area (Å²) in [6, 6.07) is 20.1. The lowest BCUT2D eigenvalue weighted by Crippen LogP contribution is -2.48. The molecule has 0 amide bonds. The van der Waals surface area contributed by atoms with E-state index in [2.05, 4.69) is 74.6 Å². The van der Waals surface area contributed by atoms with E-state index in [1.165, 1.54) is 22.3 Å². The van der Waals surface area contributed by atoms with E-state index in [0.29, 0.717) is 11.6 Å². The van der Waals surface area contributed by atoms with Crippen molar-refractivity contribution >= 4 is 5.82 Å². The van der Waals surface area contributed by atoms with Gasteiger partial charge in [0, 0.05) is 26.2 Å². The summed E-state index contributed by atoms with van der Waals surface area (Å²) in [5.74, 6) is 0.725. The summed E-state index contributed by atoms with van der Waals surface area (Å²) in [7, 11) is 0. The maximum atomic E-state index is 9.64. The SMILES string of the molecule is Cc1nnc(N2CCN(C3c4ccccc4-c4ccccc43)CC2)c(C#N)c1C. The number of hydrogen-bond donors (Lipinski definition) is 0. The number of benzene rings is 2. The number of hydrogen-bond acceptors (Lipinski definition) is 5. The third-order valence-electron chi connectivity index (χ3n) is 6.33. The van der Waals surface area contributed by atoms with Gasteiger partial charge in [-0.1, -0.05) is 48.5 Å². The van der Waals surface area contributed by atoms with E-state index in [1.54, 1.807) is 0 Å². The lowest BCUT2D eigenvalue weighted by atomic mass is 10.0. The van der Waals surface area contributed by atoms with Crippen LogP contribution in [0.3, 0.4) is 0 Å². The fourth-order valence-electron chi connectivity index (χ4n) is 4.67. The molecular weight excluding hydrogens is 358 g/mol. The highest BCUT2D eigenvalue weighted by atomic mass is 15.3. The third-order valence-corrected chi connectivity index (χ3v) is 6.33. The van der Waals surface area contributed by atoms with Crippen molar-refractivity contribution in [3.05, 3.63) is 76.5 Å². The van der Waals surface area contributed by atoms with Crippen LogP contribution in [0.4, 0.5) is 5.82 Å². The normalized spacial score (nSPS) is 16.4. The van der Waals surface area contributed by atoms with Gasteiger partial charge in [0.25, 0.3) is 0 Å². The summed E-state index contributed by atoms with van der Waals surface area (Å²) in [5, 5.41) is 18.3. The van der Waals surface area contributed by atoms with Crippen molar-refractivity contribution in [3.8, 4) is 17.2 Å². The molecular formula is C24H23N5. The molecule has 0 saturated carbocycles. The lowest BCUT2D eigenvalue weighted by molar-refractivity contribution is 0.215. The Morgan fingerprint density at radius 3 is 2.03 bits per heavy atom. The molecule has 1 aromatic heterocycles. The number of nitriles is 1.